The summed E-state index contributed by atoms with van der Waals surface area (Å²) in [5, 5.41) is 1.19. The lowest BCUT2D eigenvalue weighted by molar-refractivity contribution is 0.213. The number of hydrogen-bond acceptors (Lipinski definition) is 0. The van der Waals surface area contributed by atoms with E-state index in [4.69, 9.17) is 0 Å². The third-order valence-corrected chi connectivity index (χ3v) is 7.14. The quantitative estimate of drug-likeness (QED) is 0.302. The third kappa shape index (κ3) is 5.53. The van der Waals surface area contributed by atoms with E-state index in [1.54, 1.807) is 0 Å². The van der Waals surface area contributed by atoms with Crippen LogP contribution in [0, 0.1) is 5.41 Å². The summed E-state index contributed by atoms with van der Waals surface area (Å²) in [4.78, 5) is 0.732. The lowest BCUT2D eigenvalue weighted by atomic mass is 9.72. The van der Waals surface area contributed by atoms with Crippen LogP contribution in [-0.4, -0.2) is 10.2 Å². The van der Waals surface area contributed by atoms with Crippen molar-refractivity contribution in [2.45, 2.75) is 88.8 Å². The van der Waals surface area contributed by atoms with Crippen molar-refractivity contribution < 1.29 is 0 Å². The predicted octanol–water partition coefficient (Wildman–Crippen LogP) is 6.85. The van der Waals surface area contributed by atoms with Gasteiger partial charge < -0.3 is 0 Å². The van der Waals surface area contributed by atoms with Crippen molar-refractivity contribution in [2.75, 3.05) is 5.33 Å². The van der Waals surface area contributed by atoms with Crippen LogP contribution in [0.3, 0.4) is 0 Å². The van der Waals surface area contributed by atoms with Crippen LogP contribution >= 0.6 is 31.9 Å². The largest absolute Gasteiger partial charge is 0.0922 e. The Labute approximate surface area is 131 Å². The van der Waals surface area contributed by atoms with E-state index < -0.39 is 0 Å². The van der Waals surface area contributed by atoms with Crippen LogP contribution in [0.5, 0.6) is 0 Å². The molecule has 0 heterocycles. The molecular weight excluding hydrogens is 352 g/mol. The van der Waals surface area contributed by atoms with Crippen LogP contribution in [0.15, 0.2) is 0 Å². The fraction of sp³-hybridized carbons (Fsp3) is 1.00. The van der Waals surface area contributed by atoms with Crippen LogP contribution in [0.4, 0.5) is 0 Å². The van der Waals surface area contributed by atoms with Gasteiger partial charge in [0.05, 0.1) is 0 Å². The van der Waals surface area contributed by atoms with Crippen LogP contribution in [0.1, 0.15) is 84.0 Å². The Kier molecular flexibility index (Phi) is 9.26. The Morgan fingerprint density at radius 3 is 2.17 bits per heavy atom. The van der Waals surface area contributed by atoms with Crippen molar-refractivity contribution >= 4 is 31.9 Å². The number of rotatable bonds is 9. The Bertz CT molecular complexity index is 197. The monoisotopic (exact) mass is 380 g/mol. The molecule has 0 nitrogen and oxygen atoms in total. The zero-order chi connectivity index (χ0) is 13.3. The van der Waals surface area contributed by atoms with E-state index in [0.29, 0.717) is 5.41 Å². The van der Waals surface area contributed by atoms with Crippen LogP contribution in [0.2, 0.25) is 0 Å². The highest BCUT2D eigenvalue weighted by Gasteiger charge is 2.36. The Hall–Kier alpha value is 0.960. The number of alkyl halides is 2. The zero-order valence-electron chi connectivity index (χ0n) is 12.0. The summed E-state index contributed by atoms with van der Waals surface area (Å²) in [6.45, 7) is 2.29. The van der Waals surface area contributed by atoms with Gasteiger partial charge in [0.2, 0.25) is 0 Å². The van der Waals surface area contributed by atoms with Crippen molar-refractivity contribution in [3.8, 4) is 0 Å². The van der Waals surface area contributed by atoms with Gasteiger partial charge in [-0.1, -0.05) is 96.6 Å². The van der Waals surface area contributed by atoms with E-state index in [9.17, 15) is 0 Å². The molecule has 1 aliphatic carbocycles. The highest BCUT2D eigenvalue weighted by Crippen LogP contribution is 2.45. The highest BCUT2D eigenvalue weighted by atomic mass is 79.9. The number of hydrogen-bond donors (Lipinski definition) is 0. The molecule has 2 heteroatoms. The molecule has 0 N–H and O–H groups in total. The van der Waals surface area contributed by atoms with E-state index in [2.05, 4.69) is 38.8 Å². The van der Waals surface area contributed by atoms with Gasteiger partial charge >= 0.3 is 0 Å². The number of halogens is 2. The summed E-state index contributed by atoms with van der Waals surface area (Å²) in [6.07, 6.45) is 17.0. The summed E-state index contributed by atoms with van der Waals surface area (Å²) >= 11 is 7.79. The molecule has 1 unspecified atom stereocenters. The van der Waals surface area contributed by atoms with E-state index >= 15 is 0 Å². The maximum absolute atomic E-state index is 4.01. The number of unbranched alkanes of at least 4 members (excludes halogenated alkanes) is 5. The molecule has 0 saturated heterocycles. The standard InChI is InChI=1S/C16H30Br2/c1-2-3-4-5-6-8-11-15(18)16(14-17)12-9-7-10-13-16/h15H,2-14H2,1H3. The molecule has 1 saturated carbocycles. The summed E-state index contributed by atoms with van der Waals surface area (Å²) in [5.41, 5.74) is 0.557. The molecule has 1 atom stereocenters. The van der Waals surface area contributed by atoms with Gasteiger partial charge in [0.15, 0.2) is 0 Å². The molecule has 0 radical (unpaired) electrons. The molecule has 1 fully saturated rings. The van der Waals surface area contributed by atoms with Crippen LogP contribution in [-0.2, 0) is 0 Å². The highest BCUT2D eigenvalue weighted by molar-refractivity contribution is 9.10. The normalized spacial score (nSPS) is 20.8. The van der Waals surface area contributed by atoms with E-state index in [-0.39, 0.29) is 0 Å². The van der Waals surface area contributed by atoms with Crippen LogP contribution < -0.4 is 0 Å². The molecule has 0 aliphatic heterocycles. The molecular formula is C16H30Br2. The second-order valence-corrected chi connectivity index (χ2v) is 7.75. The molecule has 0 aromatic heterocycles. The molecule has 0 spiro atoms. The lowest BCUT2D eigenvalue weighted by Crippen LogP contribution is -2.35. The fourth-order valence-electron chi connectivity index (χ4n) is 3.20. The van der Waals surface area contributed by atoms with Gasteiger partial charge in [-0.15, -0.1) is 0 Å². The van der Waals surface area contributed by atoms with E-state index in [1.165, 1.54) is 82.4 Å². The first kappa shape index (κ1) is 17.0. The van der Waals surface area contributed by atoms with Gasteiger partial charge in [0.25, 0.3) is 0 Å². The Balaban J connectivity index is 2.19. The van der Waals surface area contributed by atoms with E-state index in [1.807, 2.05) is 0 Å². The first-order valence-electron chi connectivity index (χ1n) is 7.95. The van der Waals surface area contributed by atoms with Gasteiger partial charge in [0.1, 0.15) is 0 Å². The van der Waals surface area contributed by atoms with Gasteiger partial charge in [0, 0.05) is 10.2 Å². The predicted molar refractivity (Wildman–Crippen MR) is 90.0 cm³/mol. The topological polar surface area (TPSA) is 0 Å². The minimum atomic E-state index is 0.557. The van der Waals surface area contributed by atoms with Crippen molar-refractivity contribution in [3.05, 3.63) is 0 Å². The third-order valence-electron chi connectivity index (χ3n) is 4.59. The summed E-state index contributed by atoms with van der Waals surface area (Å²) in [5.74, 6) is 0. The first-order chi connectivity index (χ1) is 8.75. The molecule has 0 aromatic rings. The Morgan fingerprint density at radius 1 is 0.944 bits per heavy atom. The summed E-state index contributed by atoms with van der Waals surface area (Å²) < 4.78 is 0. The molecule has 0 amide bonds. The SMILES string of the molecule is CCCCCCCCC(Br)C1(CBr)CCCCC1. The maximum Gasteiger partial charge on any atom is 0.0210 e. The summed E-state index contributed by atoms with van der Waals surface area (Å²) in [7, 11) is 0. The van der Waals surface area contributed by atoms with Gasteiger partial charge in [-0.05, 0) is 24.7 Å². The van der Waals surface area contributed by atoms with Crippen molar-refractivity contribution in [3.63, 3.8) is 0 Å². The lowest BCUT2D eigenvalue weighted by Gasteiger charge is -2.40. The fourth-order valence-corrected chi connectivity index (χ4v) is 5.53. The maximum atomic E-state index is 4.01. The molecule has 18 heavy (non-hydrogen) atoms. The van der Waals surface area contributed by atoms with E-state index in [0.717, 1.165) is 4.83 Å². The average Bonchev–Trinajstić information content (AvgIpc) is 2.43. The first-order valence-corrected chi connectivity index (χ1v) is 9.99. The van der Waals surface area contributed by atoms with Crippen molar-refractivity contribution in [1.29, 1.82) is 0 Å². The van der Waals surface area contributed by atoms with Crippen molar-refractivity contribution in [1.82, 2.24) is 0 Å². The van der Waals surface area contributed by atoms with Gasteiger partial charge in [-0.2, -0.15) is 0 Å². The molecule has 0 aromatic carbocycles. The second-order valence-electron chi connectivity index (χ2n) is 6.08. The molecule has 1 rings (SSSR count). The zero-order valence-corrected chi connectivity index (χ0v) is 15.2. The van der Waals surface area contributed by atoms with Gasteiger partial charge in [-0.3, -0.25) is 0 Å². The molecule has 1 aliphatic rings. The summed E-state index contributed by atoms with van der Waals surface area (Å²) in [6, 6.07) is 0. The van der Waals surface area contributed by atoms with Crippen LogP contribution in [0.25, 0.3) is 0 Å². The Morgan fingerprint density at radius 2 is 1.56 bits per heavy atom. The second kappa shape index (κ2) is 9.80. The smallest absolute Gasteiger partial charge is 0.0210 e. The minimum Gasteiger partial charge on any atom is -0.0922 e. The van der Waals surface area contributed by atoms with Crippen molar-refractivity contribution in [2.24, 2.45) is 5.41 Å². The van der Waals surface area contributed by atoms with Gasteiger partial charge in [-0.25, -0.2) is 0 Å². The minimum absolute atomic E-state index is 0.557. The molecule has 0 bridgehead atoms. The molecule has 108 valence electrons. The average molecular weight is 382 g/mol.